The van der Waals surface area contributed by atoms with Gasteiger partial charge < -0.3 is 20.2 Å². The second-order valence-corrected chi connectivity index (χ2v) is 4.75. The molecule has 0 saturated carbocycles. The molecule has 0 spiro atoms. The second kappa shape index (κ2) is 5.75. The van der Waals surface area contributed by atoms with E-state index in [1.807, 2.05) is 6.92 Å². The van der Waals surface area contributed by atoms with Crippen molar-refractivity contribution in [2.75, 3.05) is 11.9 Å². The van der Waals surface area contributed by atoms with Crippen molar-refractivity contribution in [2.24, 2.45) is 0 Å². The van der Waals surface area contributed by atoms with Crippen LogP contribution in [0.1, 0.15) is 18.2 Å². The number of urea groups is 1. The number of furan rings is 1. The Balaban J connectivity index is 1.91. The standard InChI is InChI=1S/C14H17N3O3/c1-10-5-6-15-8-11(10)17-13(18)16-9-14(2,19)12-4-3-7-20-12/h3-8,19H,9H2,1-2H3,(H2,16,17,18)/t14-/m0/s1. The average molecular weight is 275 g/mol. The van der Waals surface area contributed by atoms with Crippen LogP contribution >= 0.6 is 0 Å². The number of nitrogens with zero attached hydrogens (tertiary/aromatic N) is 1. The molecule has 0 aliphatic heterocycles. The van der Waals surface area contributed by atoms with Crippen molar-refractivity contribution in [2.45, 2.75) is 19.4 Å². The highest BCUT2D eigenvalue weighted by atomic mass is 16.4. The van der Waals surface area contributed by atoms with Gasteiger partial charge in [-0.3, -0.25) is 4.98 Å². The number of anilines is 1. The van der Waals surface area contributed by atoms with Crippen molar-refractivity contribution in [3.05, 3.63) is 48.2 Å². The topological polar surface area (TPSA) is 87.4 Å². The number of hydrogen-bond acceptors (Lipinski definition) is 4. The summed E-state index contributed by atoms with van der Waals surface area (Å²) in [6.07, 6.45) is 4.70. The minimum Gasteiger partial charge on any atom is -0.466 e. The second-order valence-electron chi connectivity index (χ2n) is 4.75. The fourth-order valence-electron chi connectivity index (χ4n) is 1.69. The Morgan fingerprint density at radius 2 is 2.30 bits per heavy atom. The molecule has 0 bridgehead atoms. The third-order valence-corrected chi connectivity index (χ3v) is 2.93. The van der Waals surface area contributed by atoms with E-state index in [9.17, 15) is 9.90 Å². The summed E-state index contributed by atoms with van der Waals surface area (Å²) in [6.45, 7) is 3.48. The summed E-state index contributed by atoms with van der Waals surface area (Å²) >= 11 is 0. The normalized spacial score (nSPS) is 13.6. The van der Waals surface area contributed by atoms with Gasteiger partial charge in [-0.2, -0.15) is 0 Å². The first-order chi connectivity index (χ1) is 9.49. The maximum atomic E-state index is 11.8. The van der Waals surface area contributed by atoms with Crippen molar-refractivity contribution in [1.29, 1.82) is 0 Å². The number of carbonyl (C=O) groups is 1. The smallest absolute Gasteiger partial charge is 0.319 e. The van der Waals surface area contributed by atoms with Gasteiger partial charge in [0.2, 0.25) is 0 Å². The van der Waals surface area contributed by atoms with Gasteiger partial charge in [0.05, 0.1) is 24.7 Å². The molecule has 0 aliphatic rings. The van der Waals surface area contributed by atoms with E-state index in [2.05, 4.69) is 15.6 Å². The number of aliphatic hydroxyl groups is 1. The largest absolute Gasteiger partial charge is 0.466 e. The van der Waals surface area contributed by atoms with Crippen molar-refractivity contribution in [1.82, 2.24) is 10.3 Å². The molecule has 20 heavy (non-hydrogen) atoms. The SMILES string of the molecule is Cc1ccncc1NC(=O)NC[C@](C)(O)c1ccco1. The lowest BCUT2D eigenvalue weighted by Crippen LogP contribution is -2.40. The van der Waals surface area contributed by atoms with E-state index < -0.39 is 11.6 Å². The summed E-state index contributed by atoms with van der Waals surface area (Å²) in [5.41, 5.74) is 0.278. The van der Waals surface area contributed by atoms with E-state index in [0.29, 0.717) is 11.4 Å². The first kappa shape index (κ1) is 14.1. The Morgan fingerprint density at radius 3 is 2.95 bits per heavy atom. The predicted molar refractivity (Wildman–Crippen MR) is 74.3 cm³/mol. The monoisotopic (exact) mass is 275 g/mol. The molecular formula is C14H17N3O3. The third kappa shape index (κ3) is 3.36. The molecule has 0 saturated heterocycles. The molecular weight excluding hydrogens is 258 g/mol. The Kier molecular flexibility index (Phi) is 4.05. The van der Waals surface area contributed by atoms with E-state index in [1.165, 1.54) is 6.26 Å². The maximum Gasteiger partial charge on any atom is 0.319 e. The Labute approximate surface area is 116 Å². The van der Waals surface area contributed by atoms with E-state index in [1.54, 1.807) is 37.5 Å². The zero-order valence-electron chi connectivity index (χ0n) is 11.4. The van der Waals surface area contributed by atoms with Crippen molar-refractivity contribution >= 4 is 11.7 Å². The van der Waals surface area contributed by atoms with Gasteiger partial charge in [-0.1, -0.05) is 0 Å². The molecule has 2 heterocycles. The molecule has 6 heteroatoms. The molecule has 0 fully saturated rings. The Bertz CT molecular complexity index is 579. The van der Waals surface area contributed by atoms with Crippen molar-refractivity contribution < 1.29 is 14.3 Å². The number of aryl methyl sites for hydroxylation is 1. The molecule has 0 aliphatic carbocycles. The van der Waals surface area contributed by atoms with Crippen LogP contribution in [-0.4, -0.2) is 22.7 Å². The molecule has 0 aromatic carbocycles. The molecule has 2 aromatic heterocycles. The van der Waals surface area contributed by atoms with Crippen LogP contribution in [0.3, 0.4) is 0 Å². The third-order valence-electron chi connectivity index (χ3n) is 2.93. The van der Waals surface area contributed by atoms with Gasteiger partial charge in [0.25, 0.3) is 0 Å². The maximum absolute atomic E-state index is 11.8. The van der Waals surface area contributed by atoms with Crippen LogP contribution in [-0.2, 0) is 5.60 Å². The van der Waals surface area contributed by atoms with Gasteiger partial charge in [-0.05, 0) is 37.6 Å². The van der Waals surface area contributed by atoms with Crippen LogP contribution in [0.15, 0.2) is 41.3 Å². The summed E-state index contributed by atoms with van der Waals surface area (Å²) in [4.78, 5) is 15.7. The fraction of sp³-hybridized carbons (Fsp3) is 0.286. The summed E-state index contributed by atoms with van der Waals surface area (Å²) in [5.74, 6) is 0.398. The summed E-state index contributed by atoms with van der Waals surface area (Å²) in [7, 11) is 0. The molecule has 0 radical (unpaired) electrons. The lowest BCUT2D eigenvalue weighted by Gasteiger charge is -2.21. The number of aromatic nitrogens is 1. The minimum absolute atomic E-state index is 0.0334. The van der Waals surface area contributed by atoms with E-state index in [-0.39, 0.29) is 6.54 Å². The molecule has 6 nitrogen and oxygen atoms in total. The van der Waals surface area contributed by atoms with Gasteiger partial charge in [0.15, 0.2) is 0 Å². The predicted octanol–water partition coefficient (Wildman–Crippen LogP) is 2.01. The number of hydrogen-bond donors (Lipinski definition) is 3. The number of amides is 2. The molecule has 1 atom stereocenters. The van der Waals surface area contributed by atoms with Crippen molar-refractivity contribution in [3.8, 4) is 0 Å². The Morgan fingerprint density at radius 1 is 1.50 bits per heavy atom. The zero-order valence-corrected chi connectivity index (χ0v) is 11.4. The van der Waals surface area contributed by atoms with Crippen LogP contribution in [0.2, 0.25) is 0 Å². The highest BCUT2D eigenvalue weighted by Gasteiger charge is 2.26. The lowest BCUT2D eigenvalue weighted by atomic mass is 10.0. The number of nitrogens with one attached hydrogen (secondary N) is 2. The van der Waals surface area contributed by atoms with Gasteiger partial charge in [-0.15, -0.1) is 0 Å². The van der Waals surface area contributed by atoms with Gasteiger partial charge >= 0.3 is 6.03 Å². The van der Waals surface area contributed by atoms with E-state index in [0.717, 1.165) is 5.56 Å². The first-order valence-electron chi connectivity index (χ1n) is 6.21. The number of rotatable bonds is 4. The van der Waals surface area contributed by atoms with E-state index in [4.69, 9.17) is 4.42 Å². The highest BCUT2D eigenvalue weighted by Crippen LogP contribution is 2.19. The van der Waals surface area contributed by atoms with Gasteiger partial charge in [-0.25, -0.2) is 4.79 Å². The average Bonchev–Trinajstić information content (AvgIpc) is 2.94. The molecule has 2 aromatic rings. The zero-order chi connectivity index (χ0) is 14.6. The van der Waals surface area contributed by atoms with Crippen LogP contribution < -0.4 is 10.6 Å². The van der Waals surface area contributed by atoms with Crippen LogP contribution in [0, 0.1) is 6.92 Å². The Hall–Kier alpha value is -2.34. The first-order valence-corrected chi connectivity index (χ1v) is 6.21. The summed E-state index contributed by atoms with van der Waals surface area (Å²) < 4.78 is 5.14. The number of pyridine rings is 1. The van der Waals surface area contributed by atoms with Crippen LogP contribution in [0.25, 0.3) is 0 Å². The van der Waals surface area contributed by atoms with Gasteiger partial charge in [0.1, 0.15) is 11.4 Å². The highest BCUT2D eigenvalue weighted by molar-refractivity contribution is 5.89. The molecule has 2 rings (SSSR count). The number of carbonyl (C=O) groups excluding carboxylic acids is 1. The van der Waals surface area contributed by atoms with E-state index >= 15 is 0 Å². The fourth-order valence-corrected chi connectivity index (χ4v) is 1.69. The lowest BCUT2D eigenvalue weighted by molar-refractivity contribution is 0.0372. The van der Waals surface area contributed by atoms with Crippen LogP contribution in [0.4, 0.5) is 10.5 Å². The van der Waals surface area contributed by atoms with Crippen molar-refractivity contribution in [3.63, 3.8) is 0 Å². The summed E-state index contributed by atoms with van der Waals surface area (Å²) in [5, 5.41) is 15.5. The molecule has 0 unspecified atom stereocenters. The minimum atomic E-state index is -1.26. The van der Waals surface area contributed by atoms with Gasteiger partial charge in [0, 0.05) is 6.20 Å². The quantitative estimate of drug-likeness (QED) is 0.796. The molecule has 2 amide bonds. The molecule has 3 N–H and O–H groups in total. The summed E-state index contributed by atoms with van der Waals surface area (Å²) in [6, 6.07) is 4.73. The molecule has 106 valence electrons. The van der Waals surface area contributed by atoms with Crippen LogP contribution in [0.5, 0.6) is 0 Å².